The predicted molar refractivity (Wildman–Crippen MR) is 126 cm³/mol. The van der Waals surface area contributed by atoms with Gasteiger partial charge in [0.2, 0.25) is 5.91 Å². The van der Waals surface area contributed by atoms with Crippen LogP contribution in [0.5, 0.6) is 5.75 Å². The van der Waals surface area contributed by atoms with Gasteiger partial charge in [0.15, 0.2) is 5.65 Å². The summed E-state index contributed by atoms with van der Waals surface area (Å²) < 4.78 is 33.9. The first kappa shape index (κ1) is 24.1. The quantitative estimate of drug-likeness (QED) is 0.407. The van der Waals surface area contributed by atoms with Gasteiger partial charge in [-0.05, 0) is 18.6 Å². The van der Waals surface area contributed by atoms with E-state index in [4.69, 9.17) is 11.6 Å². The highest BCUT2D eigenvalue weighted by Crippen LogP contribution is 2.39. The van der Waals surface area contributed by atoms with Crippen molar-refractivity contribution in [2.45, 2.75) is 19.1 Å². The Labute approximate surface area is 212 Å². The molecule has 0 saturated carbocycles. The van der Waals surface area contributed by atoms with Crippen molar-refractivity contribution in [2.75, 3.05) is 18.9 Å². The Kier molecular flexibility index (Phi) is 6.18. The van der Waals surface area contributed by atoms with Crippen LogP contribution in [0.3, 0.4) is 0 Å². The average molecular weight is 527 g/mol. The van der Waals surface area contributed by atoms with Gasteiger partial charge in [-0.25, -0.2) is 9.50 Å². The lowest BCUT2D eigenvalue weighted by molar-refractivity contribution is -0.129. The number of nitrogens with zero attached hydrogens (tertiary/aromatic N) is 7. The van der Waals surface area contributed by atoms with Gasteiger partial charge in [-0.15, -0.1) is 0 Å². The molecule has 1 atom stereocenters. The maximum absolute atomic E-state index is 13.2. The van der Waals surface area contributed by atoms with Crippen LogP contribution in [-0.4, -0.2) is 61.3 Å². The molecule has 0 aliphatic carbocycles. The molecule has 11 nitrogen and oxygen atoms in total. The first-order valence-electron chi connectivity index (χ1n) is 10.9. The highest BCUT2D eigenvalue weighted by atomic mass is 35.5. The highest BCUT2D eigenvalue weighted by molar-refractivity contribution is 6.32. The topological polar surface area (TPSA) is 130 Å². The van der Waals surface area contributed by atoms with Crippen LogP contribution in [0.4, 0.5) is 14.5 Å². The molecule has 0 radical (unpaired) electrons. The molecule has 1 saturated heterocycles. The minimum absolute atomic E-state index is 0.00450. The summed E-state index contributed by atoms with van der Waals surface area (Å²) in [4.78, 5) is 31.6. The van der Waals surface area contributed by atoms with E-state index >= 15 is 0 Å². The van der Waals surface area contributed by atoms with Gasteiger partial charge in [-0.3, -0.25) is 14.3 Å². The number of likely N-dealkylation sites (tertiary alicyclic amines) is 1. The molecular formula is C23H17ClF2N8O3. The molecule has 2 amide bonds. The molecule has 1 aliphatic rings. The van der Waals surface area contributed by atoms with E-state index in [9.17, 15) is 23.6 Å². The number of aromatic nitrogens is 5. The van der Waals surface area contributed by atoms with Crippen molar-refractivity contribution in [2.24, 2.45) is 0 Å². The number of fused-ring (bicyclic) bond motifs is 1. The van der Waals surface area contributed by atoms with E-state index in [0.29, 0.717) is 18.6 Å². The molecule has 1 aliphatic heterocycles. The number of carbonyl (C=O) groups excluding carboxylic acids is 2. The molecule has 188 valence electrons. The summed E-state index contributed by atoms with van der Waals surface area (Å²) in [6.07, 6.45) is 6.35. The van der Waals surface area contributed by atoms with Crippen molar-refractivity contribution in [3.8, 4) is 23.1 Å². The number of ether oxygens (including phenoxy) is 1. The Morgan fingerprint density at radius 3 is 2.89 bits per heavy atom. The van der Waals surface area contributed by atoms with Gasteiger partial charge in [0.05, 0.1) is 28.7 Å². The second-order valence-corrected chi connectivity index (χ2v) is 8.56. The van der Waals surface area contributed by atoms with Crippen molar-refractivity contribution in [1.29, 1.82) is 5.26 Å². The van der Waals surface area contributed by atoms with Gasteiger partial charge in [-0.1, -0.05) is 11.6 Å². The number of likely N-dealkylation sites (N-methyl/N-ethyl adjacent to an activating group) is 1. The Hall–Kier alpha value is -4.57. The smallest absolute Gasteiger partial charge is 0.387 e. The minimum Gasteiger partial charge on any atom is -0.434 e. The maximum atomic E-state index is 13.2. The van der Waals surface area contributed by atoms with Crippen LogP contribution in [0, 0.1) is 11.3 Å². The van der Waals surface area contributed by atoms with Gasteiger partial charge in [-0.2, -0.15) is 24.2 Å². The summed E-state index contributed by atoms with van der Waals surface area (Å²) in [5, 5.41) is 20.5. The van der Waals surface area contributed by atoms with Crippen LogP contribution in [-0.2, 0) is 4.79 Å². The summed E-state index contributed by atoms with van der Waals surface area (Å²) in [6, 6.07) is 5.12. The fourth-order valence-corrected chi connectivity index (χ4v) is 4.29. The van der Waals surface area contributed by atoms with E-state index < -0.39 is 18.6 Å². The number of benzene rings is 1. The Morgan fingerprint density at radius 1 is 1.38 bits per heavy atom. The predicted octanol–water partition coefficient (Wildman–Crippen LogP) is 3.37. The molecule has 0 spiro atoms. The third-order valence-electron chi connectivity index (χ3n) is 5.88. The fourth-order valence-electron chi connectivity index (χ4n) is 4.09. The molecule has 1 aromatic carbocycles. The molecule has 4 aromatic rings. The van der Waals surface area contributed by atoms with Crippen LogP contribution in [0.15, 0.2) is 43.0 Å². The lowest BCUT2D eigenvalue weighted by Crippen LogP contribution is -2.24. The first-order chi connectivity index (χ1) is 17.8. The number of nitriles is 1. The number of hydrogen-bond donors (Lipinski definition) is 1. The average Bonchev–Trinajstić information content (AvgIpc) is 3.57. The molecule has 0 unspecified atom stereocenters. The van der Waals surface area contributed by atoms with E-state index in [1.807, 2.05) is 6.07 Å². The van der Waals surface area contributed by atoms with Crippen LogP contribution < -0.4 is 10.1 Å². The number of amides is 2. The zero-order valence-corrected chi connectivity index (χ0v) is 19.9. The van der Waals surface area contributed by atoms with Gasteiger partial charge < -0.3 is 15.0 Å². The summed E-state index contributed by atoms with van der Waals surface area (Å²) in [7, 11) is 1.66. The van der Waals surface area contributed by atoms with Crippen molar-refractivity contribution in [1.82, 2.24) is 29.3 Å². The van der Waals surface area contributed by atoms with Crippen LogP contribution in [0.1, 0.15) is 28.4 Å². The monoisotopic (exact) mass is 526 g/mol. The summed E-state index contributed by atoms with van der Waals surface area (Å²) in [6.45, 7) is -2.71. The largest absolute Gasteiger partial charge is 0.434 e. The van der Waals surface area contributed by atoms with E-state index in [0.717, 1.165) is 6.07 Å². The Morgan fingerprint density at radius 2 is 2.19 bits per heavy atom. The highest BCUT2D eigenvalue weighted by Gasteiger charge is 2.33. The third kappa shape index (κ3) is 4.43. The van der Waals surface area contributed by atoms with E-state index in [1.54, 1.807) is 24.2 Å². The number of hydrogen-bond acceptors (Lipinski definition) is 7. The zero-order valence-electron chi connectivity index (χ0n) is 19.1. The van der Waals surface area contributed by atoms with Gasteiger partial charge in [0, 0.05) is 37.6 Å². The van der Waals surface area contributed by atoms with Crippen molar-refractivity contribution >= 4 is 34.7 Å². The fraction of sp³-hybridized carbons (Fsp3) is 0.217. The van der Waals surface area contributed by atoms with E-state index in [2.05, 4.69) is 25.2 Å². The number of anilines is 1. The summed E-state index contributed by atoms with van der Waals surface area (Å²) >= 11 is 6.20. The van der Waals surface area contributed by atoms with Crippen LogP contribution in [0.25, 0.3) is 16.9 Å². The van der Waals surface area contributed by atoms with E-state index in [1.165, 1.54) is 33.9 Å². The minimum atomic E-state index is -3.21. The molecule has 1 N–H and O–H groups in total. The van der Waals surface area contributed by atoms with Gasteiger partial charge in [0.25, 0.3) is 5.91 Å². The second-order valence-electron chi connectivity index (χ2n) is 8.15. The molecule has 1 fully saturated rings. The molecule has 5 rings (SSSR count). The Bertz CT molecular complexity index is 1580. The lowest BCUT2D eigenvalue weighted by Gasteiger charge is -2.12. The zero-order chi connectivity index (χ0) is 26.3. The van der Waals surface area contributed by atoms with Crippen LogP contribution >= 0.6 is 11.6 Å². The second kappa shape index (κ2) is 9.47. The molecule has 14 heteroatoms. The number of halogens is 3. The molecule has 3 aromatic heterocycles. The number of carbonyl (C=O) groups is 2. The van der Waals surface area contributed by atoms with Crippen LogP contribution in [0.2, 0.25) is 5.02 Å². The lowest BCUT2D eigenvalue weighted by atomic mass is 10.1. The van der Waals surface area contributed by atoms with Crippen molar-refractivity contribution in [3.63, 3.8) is 0 Å². The van der Waals surface area contributed by atoms with Crippen molar-refractivity contribution < 1.29 is 23.1 Å². The first-order valence-corrected chi connectivity index (χ1v) is 11.3. The third-order valence-corrected chi connectivity index (χ3v) is 6.20. The Balaban J connectivity index is 1.63. The summed E-state index contributed by atoms with van der Waals surface area (Å²) in [5.41, 5.74) is 0.471. The van der Waals surface area contributed by atoms with E-state index in [-0.39, 0.29) is 44.8 Å². The van der Waals surface area contributed by atoms with Crippen molar-refractivity contribution in [3.05, 3.63) is 59.1 Å². The molecule has 4 heterocycles. The summed E-state index contributed by atoms with van der Waals surface area (Å²) in [5.74, 6) is -1.16. The van der Waals surface area contributed by atoms with Gasteiger partial charge in [0.1, 0.15) is 29.1 Å². The molecule has 0 bridgehead atoms. The number of alkyl halides is 2. The number of nitrogens with one attached hydrogen (secondary N) is 1. The normalized spacial score (nSPS) is 15.4. The molecular weight excluding hydrogens is 510 g/mol. The molecule has 37 heavy (non-hydrogen) atoms. The standard InChI is InChI=1S/C23H17ClF2N8O3/c1-32-6-3-17(22(32)36)34-11-16(30-21(35)14-10-29-33-5-2-4-28-20(14)33)19(31-34)13-8-15(24)12(9-27)7-18(13)37-23(25)26/h2,4-5,7-8,10-11,17,23H,3,6H2,1H3,(H,30,35)/t17-/m1/s1. The maximum Gasteiger partial charge on any atom is 0.387 e. The number of rotatable bonds is 6. The SMILES string of the molecule is CN1CC[C@@H](n2cc(NC(=O)c3cnn4cccnc34)c(-c3cc(Cl)c(C#N)cc3OC(F)F)n2)C1=O. The van der Waals surface area contributed by atoms with Gasteiger partial charge >= 0.3 is 6.61 Å².